The van der Waals surface area contributed by atoms with Gasteiger partial charge in [0.05, 0.1) is 5.02 Å². The van der Waals surface area contributed by atoms with E-state index in [0.29, 0.717) is 28.9 Å². The van der Waals surface area contributed by atoms with E-state index in [1.165, 1.54) is 0 Å². The highest BCUT2D eigenvalue weighted by molar-refractivity contribution is 9.10. The summed E-state index contributed by atoms with van der Waals surface area (Å²) in [5, 5.41) is 4.46. The van der Waals surface area contributed by atoms with Gasteiger partial charge in [-0.3, -0.25) is 0 Å². The molecule has 0 aliphatic rings. The quantitative estimate of drug-likeness (QED) is 0.451. The second-order valence-corrected chi connectivity index (χ2v) is 7.27. The topological polar surface area (TPSA) is 21.3 Å². The zero-order valence-electron chi connectivity index (χ0n) is 13.3. The molecule has 0 saturated carbocycles. The number of nitrogens with one attached hydrogen (secondary N) is 1. The van der Waals surface area contributed by atoms with E-state index in [0.717, 1.165) is 21.3 Å². The van der Waals surface area contributed by atoms with E-state index in [1.54, 1.807) is 6.07 Å². The average molecular weight is 437 g/mol. The third-order valence-corrected chi connectivity index (χ3v) is 4.67. The van der Waals surface area contributed by atoms with Gasteiger partial charge in [0.25, 0.3) is 0 Å². The highest BCUT2D eigenvalue weighted by atomic mass is 79.9. The van der Waals surface area contributed by atoms with Gasteiger partial charge in [-0.05, 0) is 42.0 Å². The summed E-state index contributed by atoms with van der Waals surface area (Å²) in [6.45, 7) is 1.01. The predicted molar refractivity (Wildman–Crippen MR) is 109 cm³/mol. The molecule has 0 saturated heterocycles. The maximum Gasteiger partial charge on any atom is 0.143 e. The van der Waals surface area contributed by atoms with Gasteiger partial charge in [0.1, 0.15) is 12.4 Å². The minimum absolute atomic E-state index is 0.437. The molecular weight excluding hydrogens is 421 g/mol. The van der Waals surface area contributed by atoms with Gasteiger partial charge in [-0.25, -0.2) is 0 Å². The van der Waals surface area contributed by atoms with E-state index >= 15 is 0 Å². The standard InChI is InChI=1S/C20H16BrCl2NO/c21-16-8-6-14(7-9-16)13-25-20-15(10-17(22)11-19(20)23)12-24-18-4-2-1-3-5-18/h1-11,24H,12-13H2. The molecule has 1 N–H and O–H groups in total. The monoisotopic (exact) mass is 435 g/mol. The Bertz CT molecular complexity index is 838. The molecule has 0 atom stereocenters. The van der Waals surface area contributed by atoms with Crippen LogP contribution < -0.4 is 10.1 Å². The summed E-state index contributed by atoms with van der Waals surface area (Å²) in [6, 6.07) is 21.5. The Kier molecular flexibility index (Phi) is 6.24. The summed E-state index contributed by atoms with van der Waals surface area (Å²) in [7, 11) is 0. The normalized spacial score (nSPS) is 10.5. The summed E-state index contributed by atoms with van der Waals surface area (Å²) in [4.78, 5) is 0. The summed E-state index contributed by atoms with van der Waals surface area (Å²) in [5.74, 6) is 0.650. The Morgan fingerprint density at radius 3 is 2.36 bits per heavy atom. The number of hydrogen-bond acceptors (Lipinski definition) is 2. The molecule has 3 aromatic rings. The summed E-state index contributed by atoms with van der Waals surface area (Å²) in [5.41, 5.74) is 3.01. The zero-order chi connectivity index (χ0) is 17.6. The molecule has 0 aromatic heterocycles. The largest absolute Gasteiger partial charge is 0.487 e. The first-order valence-electron chi connectivity index (χ1n) is 7.76. The Morgan fingerprint density at radius 1 is 0.920 bits per heavy atom. The van der Waals surface area contributed by atoms with Crippen molar-refractivity contribution in [2.24, 2.45) is 0 Å². The molecule has 2 nitrogen and oxygen atoms in total. The molecule has 3 aromatic carbocycles. The zero-order valence-corrected chi connectivity index (χ0v) is 16.4. The first kappa shape index (κ1) is 18.1. The molecule has 0 heterocycles. The van der Waals surface area contributed by atoms with Crippen LogP contribution in [0.1, 0.15) is 11.1 Å². The van der Waals surface area contributed by atoms with Gasteiger partial charge in [0.15, 0.2) is 0 Å². The van der Waals surface area contributed by atoms with Gasteiger partial charge >= 0.3 is 0 Å². The minimum Gasteiger partial charge on any atom is -0.487 e. The highest BCUT2D eigenvalue weighted by Gasteiger charge is 2.11. The molecule has 5 heteroatoms. The van der Waals surface area contributed by atoms with Crippen molar-refractivity contribution in [1.29, 1.82) is 0 Å². The third kappa shape index (κ3) is 5.15. The van der Waals surface area contributed by atoms with E-state index < -0.39 is 0 Å². The molecule has 0 fully saturated rings. The van der Waals surface area contributed by atoms with Crippen LogP contribution >= 0.6 is 39.1 Å². The van der Waals surface area contributed by atoms with Gasteiger partial charge in [-0.15, -0.1) is 0 Å². The van der Waals surface area contributed by atoms with Crippen LogP contribution in [0.5, 0.6) is 5.75 Å². The van der Waals surface area contributed by atoms with E-state index in [-0.39, 0.29) is 0 Å². The number of para-hydroxylation sites is 1. The lowest BCUT2D eigenvalue weighted by Gasteiger charge is -2.15. The average Bonchev–Trinajstić information content (AvgIpc) is 2.61. The van der Waals surface area contributed by atoms with Crippen LogP contribution in [-0.4, -0.2) is 0 Å². The number of halogens is 3. The molecule has 0 spiro atoms. The minimum atomic E-state index is 0.437. The van der Waals surface area contributed by atoms with Crippen LogP contribution in [0.25, 0.3) is 0 Å². The first-order chi connectivity index (χ1) is 12.1. The number of anilines is 1. The molecule has 0 unspecified atom stereocenters. The van der Waals surface area contributed by atoms with Crippen molar-refractivity contribution in [2.45, 2.75) is 13.2 Å². The number of hydrogen-bond donors (Lipinski definition) is 1. The summed E-state index contributed by atoms with van der Waals surface area (Å²) < 4.78 is 7.03. The second-order valence-electron chi connectivity index (χ2n) is 5.51. The van der Waals surface area contributed by atoms with Crippen LogP contribution in [0.4, 0.5) is 5.69 Å². The Balaban J connectivity index is 1.76. The Morgan fingerprint density at radius 2 is 1.64 bits per heavy atom. The molecule has 3 rings (SSSR count). The van der Waals surface area contributed by atoms with Crippen LogP contribution in [0, 0.1) is 0 Å². The highest BCUT2D eigenvalue weighted by Crippen LogP contribution is 2.33. The van der Waals surface area contributed by atoms with Crippen molar-refractivity contribution in [1.82, 2.24) is 0 Å². The predicted octanol–water partition coefficient (Wildman–Crippen LogP) is 6.95. The van der Waals surface area contributed by atoms with Gasteiger partial charge in [-0.2, -0.15) is 0 Å². The lowest BCUT2D eigenvalue weighted by Crippen LogP contribution is -2.04. The second kappa shape index (κ2) is 8.61. The van der Waals surface area contributed by atoms with Crippen molar-refractivity contribution in [2.75, 3.05) is 5.32 Å². The molecule has 0 amide bonds. The van der Waals surface area contributed by atoms with Crippen LogP contribution in [-0.2, 0) is 13.2 Å². The fraction of sp³-hybridized carbons (Fsp3) is 0.100. The van der Waals surface area contributed by atoms with E-state index in [4.69, 9.17) is 27.9 Å². The molecule has 0 aliphatic carbocycles. The van der Waals surface area contributed by atoms with Crippen molar-refractivity contribution in [3.63, 3.8) is 0 Å². The van der Waals surface area contributed by atoms with Crippen LogP contribution in [0.2, 0.25) is 10.0 Å². The van der Waals surface area contributed by atoms with Crippen molar-refractivity contribution < 1.29 is 4.74 Å². The number of ether oxygens (including phenoxy) is 1. The smallest absolute Gasteiger partial charge is 0.143 e. The molecule has 0 radical (unpaired) electrons. The number of benzene rings is 3. The van der Waals surface area contributed by atoms with Crippen molar-refractivity contribution in [3.05, 3.63) is 92.4 Å². The maximum atomic E-state index is 6.36. The Labute approximate surface area is 165 Å². The first-order valence-corrected chi connectivity index (χ1v) is 9.31. The summed E-state index contributed by atoms with van der Waals surface area (Å²) in [6.07, 6.45) is 0. The van der Waals surface area contributed by atoms with E-state index in [9.17, 15) is 0 Å². The fourth-order valence-electron chi connectivity index (χ4n) is 2.40. The molecular formula is C20H16BrCl2NO. The van der Waals surface area contributed by atoms with Crippen LogP contribution in [0.3, 0.4) is 0 Å². The molecule has 25 heavy (non-hydrogen) atoms. The van der Waals surface area contributed by atoms with E-state index in [2.05, 4.69) is 21.2 Å². The van der Waals surface area contributed by atoms with Crippen molar-refractivity contribution >= 4 is 44.8 Å². The molecule has 0 aliphatic heterocycles. The Hall–Kier alpha value is -1.68. The number of rotatable bonds is 6. The lowest BCUT2D eigenvalue weighted by molar-refractivity contribution is 0.303. The fourth-order valence-corrected chi connectivity index (χ4v) is 3.25. The van der Waals surface area contributed by atoms with Gasteiger partial charge in [0.2, 0.25) is 0 Å². The van der Waals surface area contributed by atoms with E-state index in [1.807, 2.05) is 60.7 Å². The molecule has 128 valence electrons. The van der Waals surface area contributed by atoms with Gasteiger partial charge in [-0.1, -0.05) is 69.5 Å². The SMILES string of the molecule is Clc1cc(Cl)c(OCc2ccc(Br)cc2)c(CNc2ccccc2)c1. The molecule has 0 bridgehead atoms. The lowest BCUT2D eigenvalue weighted by atomic mass is 10.2. The van der Waals surface area contributed by atoms with Gasteiger partial charge in [0, 0.05) is 27.3 Å². The van der Waals surface area contributed by atoms with Crippen LogP contribution in [0.15, 0.2) is 71.2 Å². The third-order valence-electron chi connectivity index (χ3n) is 3.64. The maximum absolute atomic E-state index is 6.36. The van der Waals surface area contributed by atoms with Crippen molar-refractivity contribution in [3.8, 4) is 5.75 Å². The van der Waals surface area contributed by atoms with Gasteiger partial charge < -0.3 is 10.1 Å². The summed E-state index contributed by atoms with van der Waals surface area (Å²) >= 11 is 16.0.